The summed E-state index contributed by atoms with van der Waals surface area (Å²) in [4.78, 5) is 11.1. The minimum atomic E-state index is -0.461. The number of hydrogen-bond acceptors (Lipinski definition) is 3. The Morgan fingerprint density at radius 3 is 2.81 bits per heavy atom. The van der Waals surface area contributed by atoms with Crippen LogP contribution in [0, 0.1) is 5.92 Å². The van der Waals surface area contributed by atoms with E-state index in [0.717, 1.165) is 6.54 Å². The summed E-state index contributed by atoms with van der Waals surface area (Å²) in [6, 6.07) is 7.01. The highest BCUT2D eigenvalue weighted by Gasteiger charge is 2.09. The third-order valence-electron chi connectivity index (χ3n) is 2.23. The number of benzene rings is 1. The SMILES string of the molecule is CNCC(C)COc1ccccc1C(N)=O. The molecule has 88 valence electrons. The molecule has 0 saturated heterocycles. The standard InChI is InChI=1S/C12H18N2O2/c1-9(7-14-2)8-16-11-6-4-3-5-10(11)12(13)15/h3-6,9,14H,7-8H2,1-2H3,(H2,13,15). The van der Waals surface area contributed by atoms with Crippen molar-refractivity contribution in [1.29, 1.82) is 0 Å². The van der Waals surface area contributed by atoms with E-state index < -0.39 is 5.91 Å². The average Bonchev–Trinajstić information content (AvgIpc) is 2.27. The molecule has 4 heteroatoms. The van der Waals surface area contributed by atoms with Crippen LogP contribution in [0.1, 0.15) is 17.3 Å². The van der Waals surface area contributed by atoms with Gasteiger partial charge in [0.2, 0.25) is 0 Å². The van der Waals surface area contributed by atoms with Crippen molar-refractivity contribution in [2.24, 2.45) is 11.7 Å². The van der Waals surface area contributed by atoms with Gasteiger partial charge in [-0.3, -0.25) is 4.79 Å². The second kappa shape index (κ2) is 6.12. The van der Waals surface area contributed by atoms with Crippen LogP contribution in [0.15, 0.2) is 24.3 Å². The molecule has 4 nitrogen and oxygen atoms in total. The van der Waals surface area contributed by atoms with E-state index in [-0.39, 0.29) is 0 Å². The molecule has 1 atom stereocenters. The second-order valence-electron chi connectivity index (χ2n) is 3.83. The van der Waals surface area contributed by atoms with Crippen LogP contribution in [0.3, 0.4) is 0 Å². The number of amides is 1. The van der Waals surface area contributed by atoms with E-state index in [1.807, 2.05) is 13.1 Å². The van der Waals surface area contributed by atoms with Crippen molar-refractivity contribution in [1.82, 2.24) is 5.32 Å². The Bertz CT molecular complexity index is 353. The number of hydrogen-bond donors (Lipinski definition) is 2. The molecule has 0 fully saturated rings. The van der Waals surface area contributed by atoms with Crippen molar-refractivity contribution in [3.63, 3.8) is 0 Å². The fraction of sp³-hybridized carbons (Fsp3) is 0.417. The molecule has 0 aliphatic heterocycles. The minimum Gasteiger partial charge on any atom is -0.492 e. The largest absolute Gasteiger partial charge is 0.492 e. The van der Waals surface area contributed by atoms with Crippen molar-refractivity contribution >= 4 is 5.91 Å². The van der Waals surface area contributed by atoms with Crippen molar-refractivity contribution in [2.45, 2.75) is 6.92 Å². The Kier molecular flexibility index (Phi) is 4.79. The Morgan fingerprint density at radius 2 is 2.19 bits per heavy atom. The molecule has 0 aromatic heterocycles. The topological polar surface area (TPSA) is 64.3 Å². The van der Waals surface area contributed by atoms with Gasteiger partial charge < -0.3 is 15.8 Å². The molecule has 1 aromatic carbocycles. The summed E-state index contributed by atoms with van der Waals surface area (Å²) >= 11 is 0. The fourth-order valence-corrected chi connectivity index (χ4v) is 1.44. The van der Waals surface area contributed by atoms with Crippen LogP contribution < -0.4 is 15.8 Å². The van der Waals surface area contributed by atoms with E-state index in [4.69, 9.17) is 10.5 Å². The van der Waals surface area contributed by atoms with E-state index >= 15 is 0 Å². The van der Waals surface area contributed by atoms with E-state index in [2.05, 4.69) is 12.2 Å². The quantitative estimate of drug-likeness (QED) is 0.755. The zero-order valence-electron chi connectivity index (χ0n) is 9.69. The lowest BCUT2D eigenvalue weighted by atomic mass is 10.2. The molecule has 1 rings (SSSR count). The highest BCUT2D eigenvalue weighted by Crippen LogP contribution is 2.17. The zero-order chi connectivity index (χ0) is 12.0. The molecule has 16 heavy (non-hydrogen) atoms. The lowest BCUT2D eigenvalue weighted by molar-refractivity contribution is 0.0995. The van der Waals surface area contributed by atoms with Gasteiger partial charge in [-0.1, -0.05) is 19.1 Å². The Morgan fingerprint density at radius 1 is 1.50 bits per heavy atom. The van der Waals surface area contributed by atoms with Gasteiger partial charge in [-0.05, 0) is 19.2 Å². The van der Waals surface area contributed by atoms with Gasteiger partial charge in [-0.2, -0.15) is 0 Å². The summed E-state index contributed by atoms with van der Waals surface area (Å²) in [5, 5.41) is 3.07. The first-order valence-corrected chi connectivity index (χ1v) is 5.31. The van der Waals surface area contributed by atoms with Gasteiger partial charge in [-0.25, -0.2) is 0 Å². The maximum absolute atomic E-state index is 11.1. The number of nitrogens with one attached hydrogen (secondary N) is 1. The molecule has 0 bridgehead atoms. The van der Waals surface area contributed by atoms with Gasteiger partial charge in [0.25, 0.3) is 5.91 Å². The number of carbonyl (C=O) groups is 1. The molecule has 0 radical (unpaired) electrons. The molecule has 1 unspecified atom stereocenters. The van der Waals surface area contributed by atoms with E-state index in [0.29, 0.717) is 23.8 Å². The molecule has 1 amide bonds. The molecule has 0 aliphatic rings. The third kappa shape index (κ3) is 3.55. The van der Waals surface area contributed by atoms with Gasteiger partial charge in [0.1, 0.15) is 5.75 Å². The summed E-state index contributed by atoms with van der Waals surface area (Å²) in [7, 11) is 1.90. The Balaban J connectivity index is 2.63. The summed E-state index contributed by atoms with van der Waals surface area (Å²) < 4.78 is 5.57. The highest BCUT2D eigenvalue weighted by molar-refractivity contribution is 5.95. The average molecular weight is 222 g/mol. The second-order valence-corrected chi connectivity index (χ2v) is 3.83. The molecule has 3 N–H and O–H groups in total. The normalized spacial score (nSPS) is 12.1. The zero-order valence-corrected chi connectivity index (χ0v) is 9.69. The first-order valence-electron chi connectivity index (χ1n) is 5.31. The van der Waals surface area contributed by atoms with Crippen molar-refractivity contribution < 1.29 is 9.53 Å². The minimum absolute atomic E-state index is 0.380. The van der Waals surface area contributed by atoms with Crippen LogP contribution in [0.5, 0.6) is 5.75 Å². The third-order valence-corrected chi connectivity index (χ3v) is 2.23. The van der Waals surface area contributed by atoms with Crippen LogP contribution in [0.25, 0.3) is 0 Å². The predicted molar refractivity (Wildman–Crippen MR) is 63.5 cm³/mol. The summed E-state index contributed by atoms with van der Waals surface area (Å²) in [6.45, 7) is 3.51. The lowest BCUT2D eigenvalue weighted by Gasteiger charge is -2.14. The number of primary amides is 1. The van der Waals surface area contributed by atoms with Gasteiger partial charge in [0.05, 0.1) is 12.2 Å². The molecular weight excluding hydrogens is 204 g/mol. The van der Waals surface area contributed by atoms with Crippen molar-refractivity contribution in [3.05, 3.63) is 29.8 Å². The summed E-state index contributed by atoms with van der Waals surface area (Å²) in [5.74, 6) is 0.473. The highest BCUT2D eigenvalue weighted by atomic mass is 16.5. The number of carbonyl (C=O) groups excluding carboxylic acids is 1. The van der Waals surface area contributed by atoms with Gasteiger partial charge >= 0.3 is 0 Å². The first-order chi connectivity index (χ1) is 7.65. The van der Waals surface area contributed by atoms with Crippen LogP contribution in [0.4, 0.5) is 0 Å². The Hall–Kier alpha value is -1.55. The Labute approximate surface area is 95.8 Å². The molecular formula is C12H18N2O2. The molecule has 0 saturated carbocycles. The van der Waals surface area contributed by atoms with E-state index in [1.165, 1.54) is 0 Å². The van der Waals surface area contributed by atoms with Crippen LogP contribution >= 0.6 is 0 Å². The van der Waals surface area contributed by atoms with Crippen LogP contribution in [0.2, 0.25) is 0 Å². The number of ether oxygens (including phenoxy) is 1. The maximum atomic E-state index is 11.1. The summed E-state index contributed by atoms with van der Waals surface area (Å²) in [5.41, 5.74) is 5.68. The molecule has 1 aromatic rings. The lowest BCUT2D eigenvalue weighted by Crippen LogP contribution is -2.22. The molecule has 0 heterocycles. The van der Waals surface area contributed by atoms with Gasteiger partial charge in [0.15, 0.2) is 0 Å². The number of rotatable bonds is 6. The number of para-hydroxylation sites is 1. The summed E-state index contributed by atoms with van der Waals surface area (Å²) in [6.07, 6.45) is 0. The van der Waals surface area contributed by atoms with Crippen molar-refractivity contribution in [3.8, 4) is 5.75 Å². The van der Waals surface area contributed by atoms with Crippen molar-refractivity contribution in [2.75, 3.05) is 20.2 Å². The van der Waals surface area contributed by atoms with Gasteiger partial charge in [-0.15, -0.1) is 0 Å². The molecule has 0 aliphatic carbocycles. The van der Waals surface area contributed by atoms with Crippen LogP contribution in [-0.2, 0) is 0 Å². The predicted octanol–water partition coefficient (Wildman–Crippen LogP) is 1.02. The van der Waals surface area contributed by atoms with Gasteiger partial charge in [0, 0.05) is 12.5 Å². The molecule has 0 spiro atoms. The first kappa shape index (κ1) is 12.5. The fourth-order valence-electron chi connectivity index (χ4n) is 1.44. The van der Waals surface area contributed by atoms with E-state index in [9.17, 15) is 4.79 Å². The van der Waals surface area contributed by atoms with E-state index in [1.54, 1.807) is 18.2 Å². The maximum Gasteiger partial charge on any atom is 0.252 e. The smallest absolute Gasteiger partial charge is 0.252 e. The van der Waals surface area contributed by atoms with Crippen LogP contribution in [-0.4, -0.2) is 26.1 Å². The monoisotopic (exact) mass is 222 g/mol. The number of nitrogens with two attached hydrogens (primary N) is 1.